The summed E-state index contributed by atoms with van der Waals surface area (Å²) in [6, 6.07) is 11.3. The Morgan fingerprint density at radius 3 is 2.33 bits per heavy atom. The first-order valence-electron chi connectivity index (χ1n) is 6.35. The van der Waals surface area contributed by atoms with Crippen molar-refractivity contribution >= 4 is 5.69 Å². The van der Waals surface area contributed by atoms with Crippen LogP contribution in [0.3, 0.4) is 0 Å². The second kappa shape index (κ2) is 6.23. The summed E-state index contributed by atoms with van der Waals surface area (Å²) in [4.78, 5) is 0. The SMILES string of the molecule is COc1ccc(C(C)Nc2ccc(C#N)c(F)c2F)cc1. The number of nitrogens with zero attached hydrogens (tertiary/aromatic N) is 1. The molecule has 0 heterocycles. The molecule has 1 unspecified atom stereocenters. The predicted octanol–water partition coefficient (Wildman–Crippen LogP) is 4.02. The van der Waals surface area contributed by atoms with Crippen LogP contribution >= 0.6 is 0 Å². The highest BCUT2D eigenvalue weighted by molar-refractivity contribution is 5.51. The number of anilines is 1. The summed E-state index contributed by atoms with van der Waals surface area (Å²) < 4.78 is 32.5. The number of rotatable bonds is 4. The number of nitriles is 1. The minimum Gasteiger partial charge on any atom is -0.497 e. The van der Waals surface area contributed by atoms with Crippen molar-refractivity contribution in [3.8, 4) is 11.8 Å². The molecule has 0 aliphatic carbocycles. The molecule has 0 bridgehead atoms. The molecule has 0 radical (unpaired) electrons. The normalized spacial score (nSPS) is 11.6. The number of methoxy groups -OCH3 is 1. The quantitative estimate of drug-likeness (QED) is 0.924. The van der Waals surface area contributed by atoms with Crippen molar-refractivity contribution < 1.29 is 13.5 Å². The summed E-state index contributed by atoms with van der Waals surface area (Å²) >= 11 is 0. The van der Waals surface area contributed by atoms with Gasteiger partial charge in [0, 0.05) is 6.04 Å². The highest BCUT2D eigenvalue weighted by Gasteiger charge is 2.15. The molecule has 5 heteroatoms. The van der Waals surface area contributed by atoms with Crippen LogP contribution in [-0.4, -0.2) is 7.11 Å². The van der Waals surface area contributed by atoms with Crippen LogP contribution in [0.2, 0.25) is 0 Å². The van der Waals surface area contributed by atoms with E-state index in [1.54, 1.807) is 25.3 Å². The van der Waals surface area contributed by atoms with E-state index in [0.29, 0.717) is 0 Å². The molecule has 1 atom stereocenters. The Hall–Kier alpha value is -2.61. The molecule has 0 aliphatic heterocycles. The fraction of sp³-hybridized carbons (Fsp3) is 0.188. The fourth-order valence-electron chi connectivity index (χ4n) is 1.96. The number of benzene rings is 2. The molecule has 0 fully saturated rings. The molecule has 0 aromatic heterocycles. The van der Waals surface area contributed by atoms with E-state index >= 15 is 0 Å². The molecule has 2 aromatic carbocycles. The third-order valence-corrected chi connectivity index (χ3v) is 3.19. The molecule has 0 saturated heterocycles. The van der Waals surface area contributed by atoms with E-state index in [9.17, 15) is 8.78 Å². The second-order valence-corrected chi connectivity index (χ2v) is 4.54. The standard InChI is InChI=1S/C16H14F2N2O/c1-10(11-3-6-13(21-2)7-4-11)20-14-8-5-12(9-19)15(17)16(14)18/h3-8,10,20H,1-2H3. The Kier molecular flexibility index (Phi) is 4.39. The number of hydrogen-bond donors (Lipinski definition) is 1. The van der Waals surface area contributed by atoms with E-state index in [1.165, 1.54) is 12.1 Å². The van der Waals surface area contributed by atoms with Gasteiger partial charge in [0.15, 0.2) is 11.6 Å². The van der Waals surface area contributed by atoms with Gasteiger partial charge in [-0.25, -0.2) is 8.78 Å². The Bertz CT molecular complexity index is 678. The second-order valence-electron chi connectivity index (χ2n) is 4.54. The molecular formula is C16H14F2N2O. The Morgan fingerprint density at radius 1 is 1.10 bits per heavy atom. The molecule has 2 aromatic rings. The van der Waals surface area contributed by atoms with Crippen LogP contribution in [0.5, 0.6) is 5.75 Å². The smallest absolute Gasteiger partial charge is 0.183 e. The minimum absolute atomic E-state index is 0.0230. The van der Waals surface area contributed by atoms with Crippen LogP contribution in [-0.2, 0) is 0 Å². The van der Waals surface area contributed by atoms with E-state index < -0.39 is 11.6 Å². The molecule has 21 heavy (non-hydrogen) atoms. The molecule has 2 rings (SSSR count). The zero-order chi connectivity index (χ0) is 15.4. The predicted molar refractivity (Wildman–Crippen MR) is 76.1 cm³/mol. The first-order valence-corrected chi connectivity index (χ1v) is 6.35. The van der Waals surface area contributed by atoms with Gasteiger partial charge in [0.05, 0.1) is 18.4 Å². The lowest BCUT2D eigenvalue weighted by atomic mass is 10.1. The van der Waals surface area contributed by atoms with Crippen molar-refractivity contribution in [2.45, 2.75) is 13.0 Å². The average Bonchev–Trinajstić information content (AvgIpc) is 2.52. The molecular weight excluding hydrogens is 274 g/mol. The van der Waals surface area contributed by atoms with E-state index in [-0.39, 0.29) is 17.3 Å². The topological polar surface area (TPSA) is 45.0 Å². The maximum Gasteiger partial charge on any atom is 0.183 e. The van der Waals surface area contributed by atoms with E-state index in [2.05, 4.69) is 5.32 Å². The van der Waals surface area contributed by atoms with Gasteiger partial charge in [0.1, 0.15) is 11.8 Å². The Morgan fingerprint density at radius 2 is 1.76 bits per heavy atom. The van der Waals surface area contributed by atoms with Crippen LogP contribution < -0.4 is 10.1 Å². The van der Waals surface area contributed by atoms with Crippen molar-refractivity contribution in [1.29, 1.82) is 5.26 Å². The van der Waals surface area contributed by atoms with Gasteiger partial charge in [-0.05, 0) is 36.8 Å². The van der Waals surface area contributed by atoms with Crippen LogP contribution in [0, 0.1) is 23.0 Å². The largest absolute Gasteiger partial charge is 0.497 e. The van der Waals surface area contributed by atoms with Crippen molar-refractivity contribution in [3.63, 3.8) is 0 Å². The minimum atomic E-state index is -1.13. The Balaban J connectivity index is 2.21. The third-order valence-electron chi connectivity index (χ3n) is 3.19. The maximum absolute atomic E-state index is 13.8. The van der Waals surface area contributed by atoms with Crippen LogP contribution in [0.25, 0.3) is 0 Å². The van der Waals surface area contributed by atoms with Gasteiger partial charge < -0.3 is 10.1 Å². The van der Waals surface area contributed by atoms with Gasteiger partial charge in [0.25, 0.3) is 0 Å². The molecule has 1 N–H and O–H groups in total. The lowest BCUT2D eigenvalue weighted by Gasteiger charge is -2.17. The van der Waals surface area contributed by atoms with E-state index in [4.69, 9.17) is 10.00 Å². The van der Waals surface area contributed by atoms with E-state index in [0.717, 1.165) is 11.3 Å². The summed E-state index contributed by atoms with van der Waals surface area (Å²) in [6.07, 6.45) is 0. The highest BCUT2D eigenvalue weighted by Crippen LogP contribution is 2.25. The maximum atomic E-state index is 13.8. The van der Waals surface area contributed by atoms with Crippen LogP contribution in [0.4, 0.5) is 14.5 Å². The van der Waals surface area contributed by atoms with Gasteiger partial charge in [-0.2, -0.15) is 5.26 Å². The van der Waals surface area contributed by atoms with Gasteiger partial charge in [-0.3, -0.25) is 0 Å². The van der Waals surface area contributed by atoms with Crippen molar-refractivity contribution in [1.82, 2.24) is 0 Å². The number of halogens is 2. The summed E-state index contributed by atoms with van der Waals surface area (Å²) in [5.74, 6) is -1.46. The third kappa shape index (κ3) is 3.11. The zero-order valence-electron chi connectivity index (χ0n) is 11.7. The molecule has 0 spiro atoms. The molecule has 3 nitrogen and oxygen atoms in total. The average molecular weight is 288 g/mol. The summed E-state index contributed by atoms with van der Waals surface area (Å²) in [5, 5.41) is 11.5. The summed E-state index contributed by atoms with van der Waals surface area (Å²) in [6.45, 7) is 1.83. The monoisotopic (exact) mass is 288 g/mol. The number of ether oxygens (including phenoxy) is 1. The highest BCUT2D eigenvalue weighted by atomic mass is 19.2. The van der Waals surface area contributed by atoms with Crippen LogP contribution in [0.15, 0.2) is 36.4 Å². The Labute approximate surface area is 121 Å². The molecule has 0 saturated carbocycles. The van der Waals surface area contributed by atoms with Gasteiger partial charge in [0.2, 0.25) is 0 Å². The number of nitrogens with one attached hydrogen (secondary N) is 1. The lowest BCUT2D eigenvalue weighted by Crippen LogP contribution is -2.09. The van der Waals surface area contributed by atoms with Crippen molar-refractivity contribution in [2.24, 2.45) is 0 Å². The summed E-state index contributed by atoms with van der Waals surface area (Å²) in [7, 11) is 1.57. The van der Waals surface area contributed by atoms with Crippen molar-refractivity contribution in [2.75, 3.05) is 12.4 Å². The zero-order valence-corrected chi connectivity index (χ0v) is 11.7. The van der Waals surface area contributed by atoms with Gasteiger partial charge in [-0.1, -0.05) is 12.1 Å². The van der Waals surface area contributed by atoms with E-state index in [1.807, 2.05) is 19.1 Å². The van der Waals surface area contributed by atoms with Gasteiger partial charge >= 0.3 is 0 Å². The van der Waals surface area contributed by atoms with Crippen LogP contribution in [0.1, 0.15) is 24.1 Å². The number of hydrogen-bond acceptors (Lipinski definition) is 3. The van der Waals surface area contributed by atoms with Gasteiger partial charge in [-0.15, -0.1) is 0 Å². The first kappa shape index (κ1) is 14.8. The molecule has 108 valence electrons. The molecule has 0 amide bonds. The fourth-order valence-corrected chi connectivity index (χ4v) is 1.96. The van der Waals surface area contributed by atoms with Crippen molar-refractivity contribution in [3.05, 3.63) is 59.2 Å². The summed E-state index contributed by atoms with van der Waals surface area (Å²) in [5.41, 5.74) is 0.616. The molecule has 0 aliphatic rings. The first-order chi connectivity index (χ1) is 10.1. The lowest BCUT2D eigenvalue weighted by molar-refractivity contribution is 0.414.